The van der Waals surface area contributed by atoms with Gasteiger partial charge in [0.1, 0.15) is 5.78 Å². The second-order valence-electron chi connectivity index (χ2n) is 17.4. The molecule has 0 saturated heterocycles. The number of aryl methyl sites for hydroxylation is 1. The van der Waals surface area contributed by atoms with Crippen LogP contribution in [0.25, 0.3) is 22.3 Å². The van der Waals surface area contributed by atoms with Gasteiger partial charge in [-0.1, -0.05) is 157 Å². The number of allylic oxidation sites excluding steroid dienone is 2. The fourth-order valence-electron chi connectivity index (χ4n) is 6.25. The summed E-state index contributed by atoms with van der Waals surface area (Å²) in [5.41, 5.74) is 22.3. The summed E-state index contributed by atoms with van der Waals surface area (Å²) in [7, 11) is 1.74. The minimum atomic E-state index is -0.480. The summed E-state index contributed by atoms with van der Waals surface area (Å²) in [6.07, 6.45) is 21.7. The average molecular weight is 796 g/mol. The molecular formula is C53H85N3O2. The number of ketones is 1. The number of benzene rings is 2. The summed E-state index contributed by atoms with van der Waals surface area (Å²) in [6.45, 7) is 29.3. The molecule has 58 heavy (non-hydrogen) atoms. The first kappa shape index (κ1) is 54.4. The number of Topliss-reactive ketones (excluding diaryl/α,β-unsaturated/α-hetero) is 1. The summed E-state index contributed by atoms with van der Waals surface area (Å²) >= 11 is 0. The van der Waals surface area contributed by atoms with E-state index in [1.807, 2.05) is 18.3 Å². The maximum atomic E-state index is 11.8. The van der Waals surface area contributed by atoms with Gasteiger partial charge in [-0.15, -0.1) is 12.8 Å². The molecule has 2 aromatic carbocycles. The topological polar surface area (TPSA) is 91.2 Å². The van der Waals surface area contributed by atoms with Crippen LogP contribution in [0.3, 0.4) is 0 Å². The van der Waals surface area contributed by atoms with Gasteiger partial charge in [-0.2, -0.15) is 0 Å². The molecule has 324 valence electrons. The zero-order valence-corrected chi connectivity index (χ0v) is 39.5. The number of nitrogens with zero attached hydrogens (tertiary/aromatic N) is 1. The lowest BCUT2D eigenvalue weighted by Crippen LogP contribution is -2.30. The highest BCUT2D eigenvalue weighted by Crippen LogP contribution is 2.44. The average Bonchev–Trinajstić information content (AvgIpc) is 4.00. The van der Waals surface area contributed by atoms with Crippen molar-refractivity contribution in [3.63, 3.8) is 0 Å². The van der Waals surface area contributed by atoms with Gasteiger partial charge in [0.15, 0.2) is 0 Å². The van der Waals surface area contributed by atoms with E-state index in [0.29, 0.717) is 6.42 Å². The van der Waals surface area contributed by atoms with Gasteiger partial charge in [0.05, 0.1) is 17.8 Å². The fraction of sp³-hybridized carbons (Fsp3) is 0.585. The number of methoxy groups -OCH3 is 1. The van der Waals surface area contributed by atoms with Crippen LogP contribution in [0.1, 0.15) is 175 Å². The molecule has 1 heterocycles. The lowest BCUT2D eigenvalue weighted by atomic mass is 9.75. The van der Waals surface area contributed by atoms with Crippen LogP contribution in [0.5, 0.6) is 0 Å². The molecule has 0 radical (unpaired) electrons. The Morgan fingerprint density at radius 2 is 1.53 bits per heavy atom. The van der Waals surface area contributed by atoms with Crippen molar-refractivity contribution in [3.05, 3.63) is 88.7 Å². The Hall–Kier alpha value is -3.56. The van der Waals surface area contributed by atoms with Gasteiger partial charge in [0, 0.05) is 18.9 Å². The molecule has 3 atom stereocenters. The number of pyridine rings is 1. The minimum absolute atomic E-state index is 0.00937. The van der Waals surface area contributed by atoms with Crippen molar-refractivity contribution in [3.8, 4) is 24.0 Å². The second kappa shape index (κ2) is 29.6. The van der Waals surface area contributed by atoms with E-state index in [4.69, 9.17) is 21.2 Å². The lowest BCUT2D eigenvalue weighted by molar-refractivity contribution is -0.118. The number of carbonyl (C=O) groups is 1. The molecule has 0 aliphatic heterocycles. The Morgan fingerprint density at radius 3 is 2.03 bits per heavy atom. The van der Waals surface area contributed by atoms with Crippen molar-refractivity contribution in [1.29, 1.82) is 0 Å². The molecule has 3 aromatic rings. The van der Waals surface area contributed by atoms with Gasteiger partial charge in [0.2, 0.25) is 0 Å². The Bertz CT molecular complexity index is 1630. The standard InChI is InChI=1S/C36H48N2O2.C8H19N.C4H8.C3H8.C2H2/c1-10-36(7,8)22-32(34(23(2)3)30-15-12-18-38-35(30)26(6)40-9)31-21-29(17-16-24(31)4)28-14-11-13-27(19-28)20-33(37)25(5)39;1-3-8(2)6-4-5-7-9;1-4-2-3-4;1-3-2;1-2/h11-19,21,23,26,33H,10,20,22,37H2,1-9H3;8H,3-7,9H2,1-2H3;4H,2-3H2,1H3;3H2,1-2H3;1-2H/b34-32+;;;;. The Labute approximate surface area is 357 Å². The third-order valence-electron chi connectivity index (χ3n) is 10.9. The Morgan fingerprint density at radius 1 is 0.931 bits per heavy atom. The van der Waals surface area contributed by atoms with Crippen LogP contribution in [0, 0.1) is 42.9 Å². The first-order chi connectivity index (χ1) is 27.5. The van der Waals surface area contributed by atoms with Crippen LogP contribution in [0.15, 0.2) is 60.8 Å². The van der Waals surface area contributed by atoms with Crippen molar-refractivity contribution in [1.82, 2.24) is 4.98 Å². The van der Waals surface area contributed by atoms with E-state index >= 15 is 0 Å². The predicted molar refractivity (Wildman–Crippen MR) is 256 cm³/mol. The van der Waals surface area contributed by atoms with E-state index in [9.17, 15) is 4.79 Å². The van der Waals surface area contributed by atoms with Crippen molar-refractivity contribution < 1.29 is 9.53 Å². The highest BCUT2D eigenvalue weighted by atomic mass is 16.5. The number of hydrogen-bond donors (Lipinski definition) is 2. The molecule has 4 N–H and O–H groups in total. The number of rotatable bonds is 17. The van der Waals surface area contributed by atoms with Crippen molar-refractivity contribution in [2.24, 2.45) is 34.6 Å². The number of hydrogen-bond acceptors (Lipinski definition) is 5. The van der Waals surface area contributed by atoms with Gasteiger partial charge in [-0.25, -0.2) is 0 Å². The Kier molecular flexibility index (Phi) is 27.8. The van der Waals surface area contributed by atoms with Gasteiger partial charge in [-0.3, -0.25) is 9.78 Å². The van der Waals surface area contributed by atoms with Crippen LogP contribution in [-0.2, 0) is 16.0 Å². The van der Waals surface area contributed by atoms with Crippen molar-refractivity contribution >= 4 is 16.9 Å². The quantitative estimate of drug-likeness (QED) is 0.105. The van der Waals surface area contributed by atoms with Gasteiger partial charge in [0.25, 0.3) is 0 Å². The highest BCUT2D eigenvalue weighted by molar-refractivity contribution is 5.94. The van der Waals surface area contributed by atoms with Crippen molar-refractivity contribution in [2.45, 2.75) is 166 Å². The third kappa shape index (κ3) is 20.4. The van der Waals surface area contributed by atoms with Crippen LogP contribution >= 0.6 is 0 Å². The normalized spacial score (nSPS) is 14.1. The molecule has 1 aromatic heterocycles. The highest BCUT2D eigenvalue weighted by Gasteiger charge is 2.26. The van der Waals surface area contributed by atoms with E-state index in [1.165, 1.54) is 72.8 Å². The molecule has 5 heteroatoms. The Balaban J connectivity index is 0.00000150. The van der Waals surface area contributed by atoms with Crippen LogP contribution in [-0.4, -0.2) is 30.5 Å². The first-order valence-corrected chi connectivity index (χ1v) is 22.2. The monoisotopic (exact) mass is 796 g/mol. The second-order valence-corrected chi connectivity index (χ2v) is 17.4. The summed E-state index contributed by atoms with van der Waals surface area (Å²) in [6, 6.07) is 18.9. The molecule has 1 aliphatic rings. The molecule has 1 saturated carbocycles. The SMILES string of the molecule is C#C.CC1CC1.CCC.CCC(C)(C)C/C(=C(\c1cccnc1C(C)OC)C(C)C)c1cc(-c2cccc(CC(N)C(C)=O)c2)ccc1C.CCC(C)CCCCN. The number of ether oxygens (including phenoxy) is 1. The largest absolute Gasteiger partial charge is 0.375 e. The summed E-state index contributed by atoms with van der Waals surface area (Å²) in [4.78, 5) is 16.6. The van der Waals surface area contributed by atoms with Crippen molar-refractivity contribution in [2.75, 3.05) is 13.7 Å². The molecule has 1 aliphatic carbocycles. The summed E-state index contributed by atoms with van der Waals surface area (Å²) in [5, 5.41) is 0. The smallest absolute Gasteiger partial charge is 0.146 e. The molecule has 0 amide bonds. The number of unbranched alkanes of at least 4 members (excludes halogenated alkanes) is 1. The lowest BCUT2D eigenvalue weighted by Gasteiger charge is -2.30. The van der Waals surface area contributed by atoms with E-state index in [2.05, 4.69) is 138 Å². The zero-order chi connectivity index (χ0) is 44.4. The number of nitrogens with two attached hydrogens (primary N) is 2. The fourth-order valence-corrected chi connectivity index (χ4v) is 6.25. The number of terminal acetylenes is 1. The molecule has 1 fully saturated rings. The molecule has 4 rings (SSSR count). The van der Waals surface area contributed by atoms with E-state index in [-0.39, 0.29) is 23.2 Å². The zero-order valence-electron chi connectivity index (χ0n) is 39.5. The first-order valence-electron chi connectivity index (χ1n) is 22.2. The predicted octanol–water partition coefficient (Wildman–Crippen LogP) is 13.9. The minimum Gasteiger partial charge on any atom is -0.375 e. The number of carbonyl (C=O) groups excluding carboxylic acids is 1. The molecular weight excluding hydrogens is 711 g/mol. The van der Waals surface area contributed by atoms with Gasteiger partial charge in [-0.05, 0) is 121 Å². The van der Waals surface area contributed by atoms with Crippen LogP contribution < -0.4 is 11.5 Å². The third-order valence-corrected chi connectivity index (χ3v) is 10.9. The van der Waals surface area contributed by atoms with Crippen LogP contribution in [0.2, 0.25) is 0 Å². The van der Waals surface area contributed by atoms with E-state index in [0.717, 1.165) is 53.6 Å². The van der Waals surface area contributed by atoms with Crippen LogP contribution in [0.4, 0.5) is 0 Å². The van der Waals surface area contributed by atoms with E-state index in [1.54, 1.807) is 14.0 Å². The van der Waals surface area contributed by atoms with Gasteiger partial charge >= 0.3 is 0 Å². The molecule has 0 bridgehead atoms. The number of aromatic nitrogens is 1. The summed E-state index contributed by atoms with van der Waals surface area (Å²) < 4.78 is 5.75. The summed E-state index contributed by atoms with van der Waals surface area (Å²) in [5.74, 6) is 2.28. The maximum absolute atomic E-state index is 11.8. The van der Waals surface area contributed by atoms with E-state index < -0.39 is 6.04 Å². The molecule has 3 unspecified atom stereocenters. The molecule has 5 nitrogen and oxygen atoms in total. The maximum Gasteiger partial charge on any atom is 0.146 e. The molecule has 0 spiro atoms. The van der Waals surface area contributed by atoms with Gasteiger partial charge < -0.3 is 16.2 Å².